The summed E-state index contributed by atoms with van der Waals surface area (Å²) in [6.45, 7) is 0. The predicted octanol–water partition coefficient (Wildman–Crippen LogP) is 4.26. The van der Waals surface area contributed by atoms with Crippen LogP contribution >= 0.6 is 0 Å². The van der Waals surface area contributed by atoms with Crippen LogP contribution in [0.4, 0.5) is 0 Å². The molecule has 2 fully saturated rings. The van der Waals surface area contributed by atoms with Gasteiger partial charge in [0.05, 0.1) is 6.10 Å². The predicted molar refractivity (Wildman–Crippen MR) is 87.6 cm³/mol. The first-order valence-electron chi connectivity index (χ1n) is 8.69. The Kier molecular flexibility index (Phi) is 5.32. The summed E-state index contributed by atoms with van der Waals surface area (Å²) in [5, 5.41) is 3.91. The molecule has 0 saturated heterocycles. The van der Waals surface area contributed by atoms with Crippen LogP contribution in [-0.2, 0) is 4.74 Å². The van der Waals surface area contributed by atoms with Crippen LogP contribution in [0.25, 0.3) is 0 Å². The zero-order valence-electron chi connectivity index (χ0n) is 13.3. The van der Waals surface area contributed by atoms with Gasteiger partial charge in [0.1, 0.15) is 0 Å². The van der Waals surface area contributed by atoms with Crippen molar-refractivity contribution < 1.29 is 4.74 Å². The SMILES string of the molecule is COC1CCCC(NC2CCC(c3ccccc3)CC2)C1. The zero-order valence-corrected chi connectivity index (χ0v) is 13.3. The maximum absolute atomic E-state index is 5.55. The fourth-order valence-corrected chi connectivity index (χ4v) is 4.16. The largest absolute Gasteiger partial charge is 0.381 e. The molecule has 2 nitrogen and oxygen atoms in total. The van der Waals surface area contributed by atoms with Gasteiger partial charge in [0.15, 0.2) is 0 Å². The summed E-state index contributed by atoms with van der Waals surface area (Å²) in [6.07, 6.45) is 10.9. The lowest BCUT2D eigenvalue weighted by molar-refractivity contribution is 0.0557. The maximum atomic E-state index is 5.55. The van der Waals surface area contributed by atoms with E-state index in [-0.39, 0.29) is 0 Å². The van der Waals surface area contributed by atoms with Crippen molar-refractivity contribution in [2.75, 3.05) is 7.11 Å². The van der Waals surface area contributed by atoms with Gasteiger partial charge in [-0.1, -0.05) is 30.3 Å². The van der Waals surface area contributed by atoms with Crippen LogP contribution < -0.4 is 5.32 Å². The lowest BCUT2D eigenvalue weighted by atomic mass is 9.81. The molecule has 0 aliphatic heterocycles. The fourth-order valence-electron chi connectivity index (χ4n) is 4.16. The van der Waals surface area contributed by atoms with E-state index < -0.39 is 0 Å². The van der Waals surface area contributed by atoms with E-state index in [9.17, 15) is 0 Å². The van der Waals surface area contributed by atoms with Crippen molar-refractivity contribution in [3.63, 3.8) is 0 Å². The Labute approximate surface area is 129 Å². The topological polar surface area (TPSA) is 21.3 Å². The number of rotatable bonds is 4. The summed E-state index contributed by atoms with van der Waals surface area (Å²) >= 11 is 0. The third-order valence-electron chi connectivity index (χ3n) is 5.43. The molecular formula is C19H29NO. The smallest absolute Gasteiger partial charge is 0.0586 e. The van der Waals surface area contributed by atoms with Crippen LogP contribution in [0, 0.1) is 0 Å². The van der Waals surface area contributed by atoms with Gasteiger partial charge < -0.3 is 10.1 Å². The van der Waals surface area contributed by atoms with E-state index in [4.69, 9.17) is 4.74 Å². The Bertz CT molecular complexity index is 411. The summed E-state index contributed by atoms with van der Waals surface area (Å²) in [6, 6.07) is 12.5. The molecule has 0 bridgehead atoms. The number of methoxy groups -OCH3 is 1. The van der Waals surface area contributed by atoms with Crippen LogP contribution in [0.15, 0.2) is 30.3 Å². The lowest BCUT2D eigenvalue weighted by Crippen LogP contribution is -2.43. The third-order valence-corrected chi connectivity index (χ3v) is 5.43. The van der Waals surface area contributed by atoms with Gasteiger partial charge in [0.2, 0.25) is 0 Å². The van der Waals surface area contributed by atoms with Crippen molar-refractivity contribution in [1.82, 2.24) is 5.32 Å². The summed E-state index contributed by atoms with van der Waals surface area (Å²) in [5.41, 5.74) is 1.54. The molecule has 3 rings (SSSR count). The van der Waals surface area contributed by atoms with Gasteiger partial charge in [-0.05, 0) is 62.8 Å². The molecule has 0 heterocycles. The molecule has 1 aromatic rings. The molecule has 1 N–H and O–H groups in total. The van der Waals surface area contributed by atoms with E-state index >= 15 is 0 Å². The molecular weight excluding hydrogens is 258 g/mol. The lowest BCUT2D eigenvalue weighted by Gasteiger charge is -2.35. The Morgan fingerprint density at radius 2 is 1.67 bits per heavy atom. The molecule has 2 aliphatic carbocycles. The third kappa shape index (κ3) is 4.08. The molecule has 21 heavy (non-hydrogen) atoms. The Hall–Kier alpha value is -0.860. The molecule has 116 valence electrons. The van der Waals surface area contributed by atoms with E-state index in [1.165, 1.54) is 56.9 Å². The minimum atomic E-state index is 0.483. The van der Waals surface area contributed by atoms with E-state index in [1.807, 2.05) is 7.11 Å². The molecule has 0 aromatic heterocycles. The van der Waals surface area contributed by atoms with Crippen LogP contribution in [0.1, 0.15) is 62.8 Å². The zero-order chi connectivity index (χ0) is 14.5. The van der Waals surface area contributed by atoms with Gasteiger partial charge in [-0.3, -0.25) is 0 Å². The highest BCUT2D eigenvalue weighted by molar-refractivity contribution is 5.20. The normalized spacial score (nSPS) is 33.8. The van der Waals surface area contributed by atoms with Crippen molar-refractivity contribution in [2.45, 2.75) is 75.5 Å². The highest BCUT2D eigenvalue weighted by Gasteiger charge is 2.27. The minimum Gasteiger partial charge on any atom is -0.381 e. The molecule has 0 amide bonds. The minimum absolute atomic E-state index is 0.483. The van der Waals surface area contributed by atoms with Crippen molar-refractivity contribution >= 4 is 0 Å². The molecule has 2 unspecified atom stereocenters. The number of hydrogen-bond acceptors (Lipinski definition) is 2. The van der Waals surface area contributed by atoms with E-state index in [0.29, 0.717) is 12.1 Å². The second-order valence-corrected chi connectivity index (χ2v) is 6.85. The van der Waals surface area contributed by atoms with E-state index in [1.54, 1.807) is 0 Å². The van der Waals surface area contributed by atoms with Crippen molar-refractivity contribution in [2.24, 2.45) is 0 Å². The Balaban J connectivity index is 1.45. The maximum Gasteiger partial charge on any atom is 0.0586 e. The summed E-state index contributed by atoms with van der Waals surface area (Å²) in [5.74, 6) is 0.780. The van der Waals surface area contributed by atoms with Gasteiger partial charge in [0.25, 0.3) is 0 Å². The number of benzene rings is 1. The van der Waals surface area contributed by atoms with Crippen LogP contribution in [0.2, 0.25) is 0 Å². The van der Waals surface area contributed by atoms with E-state index in [0.717, 1.165) is 12.0 Å². The molecule has 0 radical (unpaired) electrons. The first-order valence-corrected chi connectivity index (χ1v) is 8.69. The Morgan fingerprint density at radius 1 is 0.905 bits per heavy atom. The van der Waals surface area contributed by atoms with Crippen LogP contribution in [0.3, 0.4) is 0 Å². The van der Waals surface area contributed by atoms with Gasteiger partial charge in [-0.2, -0.15) is 0 Å². The van der Waals surface area contributed by atoms with Gasteiger partial charge in [-0.25, -0.2) is 0 Å². The number of hydrogen-bond donors (Lipinski definition) is 1. The first-order chi connectivity index (χ1) is 10.3. The van der Waals surface area contributed by atoms with Crippen molar-refractivity contribution in [1.29, 1.82) is 0 Å². The molecule has 2 saturated carbocycles. The summed E-state index contributed by atoms with van der Waals surface area (Å²) in [4.78, 5) is 0. The van der Waals surface area contributed by atoms with Crippen LogP contribution in [-0.4, -0.2) is 25.3 Å². The Morgan fingerprint density at radius 3 is 2.38 bits per heavy atom. The average Bonchev–Trinajstić information content (AvgIpc) is 2.56. The molecule has 0 spiro atoms. The summed E-state index contributed by atoms with van der Waals surface area (Å²) in [7, 11) is 1.86. The monoisotopic (exact) mass is 287 g/mol. The molecule has 2 aliphatic rings. The highest BCUT2D eigenvalue weighted by Crippen LogP contribution is 2.33. The average molecular weight is 287 g/mol. The van der Waals surface area contributed by atoms with Gasteiger partial charge >= 0.3 is 0 Å². The molecule has 2 atom stereocenters. The van der Waals surface area contributed by atoms with E-state index in [2.05, 4.69) is 35.6 Å². The van der Waals surface area contributed by atoms with Crippen LogP contribution in [0.5, 0.6) is 0 Å². The molecule has 2 heteroatoms. The quantitative estimate of drug-likeness (QED) is 0.893. The standard InChI is InChI=1S/C19H29NO/c1-21-19-9-5-8-18(14-19)20-17-12-10-16(11-13-17)15-6-3-2-4-7-15/h2-4,6-7,16-20H,5,8-14H2,1H3. The summed E-state index contributed by atoms with van der Waals surface area (Å²) < 4.78 is 5.55. The van der Waals surface area contributed by atoms with Crippen molar-refractivity contribution in [3.05, 3.63) is 35.9 Å². The first kappa shape index (κ1) is 15.1. The highest BCUT2D eigenvalue weighted by atomic mass is 16.5. The number of ether oxygens (including phenoxy) is 1. The number of nitrogens with one attached hydrogen (secondary N) is 1. The van der Waals surface area contributed by atoms with Crippen molar-refractivity contribution in [3.8, 4) is 0 Å². The second kappa shape index (κ2) is 7.42. The molecule has 1 aromatic carbocycles. The fraction of sp³-hybridized carbons (Fsp3) is 0.684. The second-order valence-electron chi connectivity index (χ2n) is 6.85. The van der Waals surface area contributed by atoms with Gasteiger partial charge in [0, 0.05) is 19.2 Å². The van der Waals surface area contributed by atoms with Gasteiger partial charge in [-0.15, -0.1) is 0 Å².